The number of aryl methyl sites for hydroxylation is 3. The van der Waals surface area contributed by atoms with Crippen LogP contribution < -0.4 is 0 Å². The van der Waals surface area contributed by atoms with E-state index >= 15 is 0 Å². The van der Waals surface area contributed by atoms with Crippen molar-refractivity contribution in [2.45, 2.75) is 20.3 Å². The Morgan fingerprint density at radius 3 is 2.50 bits per heavy atom. The molecule has 5 aromatic rings. The van der Waals surface area contributed by atoms with Gasteiger partial charge < -0.3 is 8.97 Å². The lowest BCUT2D eigenvalue weighted by atomic mass is 10.0. The summed E-state index contributed by atoms with van der Waals surface area (Å²) in [5.41, 5.74) is 9.64. The van der Waals surface area contributed by atoms with Crippen LogP contribution in [-0.4, -0.2) is 14.0 Å². The number of fused-ring (bicyclic) bond motifs is 2. The summed E-state index contributed by atoms with van der Waals surface area (Å²) in [7, 11) is 2.13. The highest BCUT2D eigenvalue weighted by Gasteiger charge is 2.17. The minimum absolute atomic E-state index is 0.844. The number of rotatable bonds is 3. The molecule has 0 aliphatic rings. The summed E-state index contributed by atoms with van der Waals surface area (Å²) in [6.07, 6.45) is 5.31. The van der Waals surface area contributed by atoms with E-state index in [9.17, 15) is 0 Å². The monoisotopic (exact) mass is 365 g/mol. The maximum Gasteiger partial charge on any atom is 0.137 e. The highest BCUT2D eigenvalue weighted by atomic mass is 15.0. The average molecular weight is 365 g/mol. The first kappa shape index (κ1) is 16.8. The number of aromatic nitrogens is 3. The van der Waals surface area contributed by atoms with Crippen LogP contribution in [0.4, 0.5) is 0 Å². The van der Waals surface area contributed by atoms with Gasteiger partial charge in [0, 0.05) is 42.3 Å². The van der Waals surface area contributed by atoms with Gasteiger partial charge in [0.25, 0.3) is 0 Å². The van der Waals surface area contributed by atoms with Crippen LogP contribution in [0.2, 0.25) is 0 Å². The van der Waals surface area contributed by atoms with Gasteiger partial charge in [-0.25, -0.2) is 4.98 Å². The largest absolute Gasteiger partial charge is 0.350 e. The number of nitrogens with zero attached hydrogens (tertiary/aromatic N) is 3. The zero-order valence-corrected chi connectivity index (χ0v) is 16.5. The van der Waals surface area contributed by atoms with Crippen molar-refractivity contribution >= 4 is 16.6 Å². The fourth-order valence-corrected chi connectivity index (χ4v) is 4.24. The molecule has 0 radical (unpaired) electrons. The van der Waals surface area contributed by atoms with Gasteiger partial charge >= 0.3 is 0 Å². The van der Waals surface area contributed by atoms with Gasteiger partial charge in [0.05, 0.1) is 11.4 Å². The van der Waals surface area contributed by atoms with E-state index in [1.54, 1.807) is 0 Å². The van der Waals surface area contributed by atoms with E-state index in [1.807, 2.05) is 0 Å². The molecule has 3 aromatic heterocycles. The van der Waals surface area contributed by atoms with Crippen LogP contribution in [0.3, 0.4) is 0 Å². The maximum atomic E-state index is 4.99. The molecule has 5 rings (SSSR count). The molecule has 0 fully saturated rings. The van der Waals surface area contributed by atoms with Crippen LogP contribution in [0.15, 0.2) is 73.1 Å². The van der Waals surface area contributed by atoms with Crippen molar-refractivity contribution in [2.24, 2.45) is 7.05 Å². The van der Waals surface area contributed by atoms with Crippen molar-refractivity contribution in [3.8, 4) is 11.3 Å². The van der Waals surface area contributed by atoms with Gasteiger partial charge in [-0.05, 0) is 42.7 Å². The first-order valence-electron chi connectivity index (χ1n) is 9.68. The number of hydrogen-bond donors (Lipinski definition) is 0. The van der Waals surface area contributed by atoms with Crippen molar-refractivity contribution in [1.82, 2.24) is 14.0 Å². The number of benzene rings is 2. The van der Waals surface area contributed by atoms with Crippen molar-refractivity contribution < 1.29 is 0 Å². The molecule has 0 atom stereocenters. The van der Waals surface area contributed by atoms with Gasteiger partial charge in [0.15, 0.2) is 0 Å². The predicted octanol–water partition coefficient (Wildman–Crippen LogP) is 5.70. The summed E-state index contributed by atoms with van der Waals surface area (Å²) >= 11 is 0. The third-order valence-electron chi connectivity index (χ3n) is 5.57. The summed E-state index contributed by atoms with van der Waals surface area (Å²) in [5.74, 6) is 0. The molecule has 0 saturated carbocycles. The standard InChI is InChI=1S/C25H23N3/c1-17-12-13-23-26-25(19-9-5-4-6-10-19)22(28(23)15-17)14-20-16-27(3)21-11-7-8-18(2)24(20)21/h4-13,15-16H,14H2,1-3H3. The number of imidazole rings is 1. The van der Waals surface area contributed by atoms with Crippen LogP contribution in [0.1, 0.15) is 22.4 Å². The van der Waals surface area contributed by atoms with E-state index in [2.05, 4.69) is 103 Å². The number of pyridine rings is 1. The Morgan fingerprint density at radius 2 is 1.68 bits per heavy atom. The molecule has 3 nitrogen and oxygen atoms in total. The Hall–Kier alpha value is -3.33. The highest BCUT2D eigenvalue weighted by molar-refractivity contribution is 5.87. The Labute approximate surface area is 164 Å². The second-order valence-electron chi connectivity index (χ2n) is 7.62. The first-order chi connectivity index (χ1) is 13.6. The molecule has 0 spiro atoms. The van der Waals surface area contributed by atoms with E-state index in [-0.39, 0.29) is 0 Å². The lowest BCUT2D eigenvalue weighted by molar-refractivity contribution is 0.949. The van der Waals surface area contributed by atoms with Crippen LogP contribution in [0.5, 0.6) is 0 Å². The minimum atomic E-state index is 0.844. The molecule has 0 bridgehead atoms. The molecule has 3 heterocycles. The van der Waals surface area contributed by atoms with Gasteiger partial charge in [-0.2, -0.15) is 0 Å². The Balaban J connectivity index is 1.76. The SMILES string of the molecule is Cc1ccc2nc(-c3ccccc3)c(Cc3cn(C)c4cccc(C)c34)n2c1. The van der Waals surface area contributed by atoms with Crippen LogP contribution in [-0.2, 0) is 13.5 Å². The van der Waals surface area contributed by atoms with Crippen molar-refractivity contribution in [2.75, 3.05) is 0 Å². The highest BCUT2D eigenvalue weighted by Crippen LogP contribution is 2.31. The van der Waals surface area contributed by atoms with Gasteiger partial charge in [0.2, 0.25) is 0 Å². The molecular weight excluding hydrogens is 342 g/mol. The topological polar surface area (TPSA) is 22.2 Å². The lowest BCUT2D eigenvalue weighted by Crippen LogP contribution is -1.97. The Bertz CT molecular complexity index is 1310. The van der Waals surface area contributed by atoms with Crippen LogP contribution >= 0.6 is 0 Å². The summed E-state index contributed by atoms with van der Waals surface area (Å²) in [4.78, 5) is 4.99. The van der Waals surface area contributed by atoms with Crippen LogP contribution in [0.25, 0.3) is 27.8 Å². The molecule has 138 valence electrons. The Morgan fingerprint density at radius 1 is 0.857 bits per heavy atom. The second-order valence-corrected chi connectivity index (χ2v) is 7.62. The third-order valence-corrected chi connectivity index (χ3v) is 5.57. The molecule has 2 aromatic carbocycles. The molecule has 0 aliphatic carbocycles. The molecule has 0 saturated heterocycles. The molecule has 0 aliphatic heterocycles. The van der Waals surface area contributed by atoms with E-state index in [0.29, 0.717) is 0 Å². The molecule has 0 unspecified atom stereocenters. The Kier molecular flexibility index (Phi) is 3.83. The van der Waals surface area contributed by atoms with Crippen molar-refractivity contribution in [3.05, 3.63) is 95.4 Å². The maximum absolute atomic E-state index is 4.99. The molecule has 0 N–H and O–H groups in total. The molecule has 28 heavy (non-hydrogen) atoms. The van der Waals surface area contributed by atoms with Gasteiger partial charge in [0.1, 0.15) is 5.65 Å². The quantitative estimate of drug-likeness (QED) is 0.402. The molecule has 3 heteroatoms. The molecular formula is C25H23N3. The minimum Gasteiger partial charge on any atom is -0.350 e. The van der Waals surface area contributed by atoms with E-state index in [1.165, 1.54) is 33.3 Å². The third kappa shape index (κ3) is 2.63. The molecule has 0 amide bonds. The first-order valence-corrected chi connectivity index (χ1v) is 9.68. The zero-order chi connectivity index (χ0) is 19.3. The van der Waals surface area contributed by atoms with Gasteiger partial charge in [-0.1, -0.05) is 48.5 Å². The van der Waals surface area contributed by atoms with Gasteiger partial charge in [-0.15, -0.1) is 0 Å². The normalized spacial score (nSPS) is 11.5. The average Bonchev–Trinajstić information content (AvgIpc) is 3.22. The predicted molar refractivity (Wildman–Crippen MR) is 116 cm³/mol. The van der Waals surface area contributed by atoms with Crippen molar-refractivity contribution in [1.29, 1.82) is 0 Å². The summed E-state index contributed by atoms with van der Waals surface area (Å²) < 4.78 is 4.49. The smallest absolute Gasteiger partial charge is 0.137 e. The lowest BCUT2D eigenvalue weighted by Gasteiger charge is -2.07. The van der Waals surface area contributed by atoms with E-state index in [0.717, 1.165) is 23.3 Å². The van der Waals surface area contributed by atoms with E-state index < -0.39 is 0 Å². The van der Waals surface area contributed by atoms with Gasteiger partial charge in [-0.3, -0.25) is 0 Å². The van der Waals surface area contributed by atoms with Crippen molar-refractivity contribution in [3.63, 3.8) is 0 Å². The summed E-state index contributed by atoms with van der Waals surface area (Å²) in [6.45, 7) is 4.33. The fourth-order valence-electron chi connectivity index (χ4n) is 4.24. The van der Waals surface area contributed by atoms with E-state index in [4.69, 9.17) is 4.98 Å². The van der Waals surface area contributed by atoms with Crippen LogP contribution in [0, 0.1) is 13.8 Å². The zero-order valence-electron chi connectivity index (χ0n) is 16.5. The second kappa shape index (κ2) is 6.38. The number of hydrogen-bond acceptors (Lipinski definition) is 1. The summed E-state index contributed by atoms with van der Waals surface area (Å²) in [6, 6.07) is 21.3. The summed E-state index contributed by atoms with van der Waals surface area (Å²) in [5, 5.41) is 1.35. The fraction of sp³-hybridized carbons (Fsp3) is 0.160.